The molecule has 1 aliphatic heterocycles. The van der Waals surface area contributed by atoms with Crippen molar-refractivity contribution in [3.63, 3.8) is 0 Å². The van der Waals surface area contributed by atoms with Gasteiger partial charge in [-0.3, -0.25) is 9.59 Å². The highest BCUT2D eigenvalue weighted by Crippen LogP contribution is 2.18. The molecule has 1 aliphatic rings. The molecule has 1 unspecified atom stereocenters. The molecule has 4 rings (SSSR count). The zero-order valence-corrected chi connectivity index (χ0v) is 18.0. The van der Waals surface area contributed by atoms with Crippen molar-refractivity contribution in [3.8, 4) is 0 Å². The molecular weight excluding hydrogens is 410 g/mol. The Morgan fingerprint density at radius 3 is 2.71 bits per heavy atom. The van der Waals surface area contributed by atoms with Gasteiger partial charge in [0.25, 0.3) is 5.91 Å². The van der Waals surface area contributed by atoms with E-state index in [1.165, 1.54) is 5.56 Å². The van der Waals surface area contributed by atoms with Crippen LogP contribution in [0.15, 0.2) is 60.0 Å². The van der Waals surface area contributed by atoms with E-state index in [9.17, 15) is 9.59 Å². The van der Waals surface area contributed by atoms with Gasteiger partial charge >= 0.3 is 0 Å². The Hall–Kier alpha value is -3.03. The van der Waals surface area contributed by atoms with Gasteiger partial charge in [-0.25, -0.2) is 4.98 Å². The van der Waals surface area contributed by atoms with Gasteiger partial charge < -0.3 is 15.4 Å². The van der Waals surface area contributed by atoms with E-state index in [0.717, 1.165) is 36.6 Å². The number of para-hydroxylation sites is 1. The molecule has 6 nitrogen and oxygen atoms in total. The fourth-order valence-electron chi connectivity index (χ4n) is 3.54. The summed E-state index contributed by atoms with van der Waals surface area (Å²) in [6.45, 7) is 1.22. The van der Waals surface area contributed by atoms with E-state index in [2.05, 4.69) is 27.8 Å². The van der Waals surface area contributed by atoms with Gasteiger partial charge in [-0.1, -0.05) is 42.5 Å². The summed E-state index contributed by atoms with van der Waals surface area (Å²) in [5.41, 5.74) is 2.86. The van der Waals surface area contributed by atoms with Crippen LogP contribution < -0.4 is 10.6 Å². The molecule has 0 spiro atoms. The molecule has 7 heteroatoms. The van der Waals surface area contributed by atoms with Crippen molar-refractivity contribution < 1.29 is 14.3 Å². The van der Waals surface area contributed by atoms with Crippen LogP contribution in [0, 0.1) is 0 Å². The molecule has 0 saturated carbocycles. The van der Waals surface area contributed by atoms with Crippen molar-refractivity contribution in [2.45, 2.75) is 31.8 Å². The summed E-state index contributed by atoms with van der Waals surface area (Å²) in [6.07, 6.45) is 2.97. The lowest BCUT2D eigenvalue weighted by Crippen LogP contribution is -2.32. The maximum atomic E-state index is 12.6. The van der Waals surface area contributed by atoms with Crippen molar-refractivity contribution in [2.24, 2.45) is 0 Å². The number of rotatable bonds is 8. The molecule has 1 aromatic heterocycles. The molecule has 2 amide bonds. The first-order chi connectivity index (χ1) is 15.2. The van der Waals surface area contributed by atoms with Crippen LogP contribution in [-0.4, -0.2) is 36.1 Å². The van der Waals surface area contributed by atoms with Gasteiger partial charge in [0.15, 0.2) is 0 Å². The van der Waals surface area contributed by atoms with Gasteiger partial charge in [0.2, 0.25) is 5.91 Å². The van der Waals surface area contributed by atoms with E-state index in [4.69, 9.17) is 4.74 Å². The number of nitrogens with one attached hydrogen (secondary N) is 2. The highest BCUT2D eigenvalue weighted by Gasteiger charge is 2.18. The largest absolute Gasteiger partial charge is 0.376 e. The minimum Gasteiger partial charge on any atom is -0.376 e. The summed E-state index contributed by atoms with van der Waals surface area (Å²) < 4.78 is 5.55. The summed E-state index contributed by atoms with van der Waals surface area (Å²) in [4.78, 5) is 29.8. The van der Waals surface area contributed by atoms with Crippen molar-refractivity contribution in [1.82, 2.24) is 10.3 Å². The molecule has 2 aromatic carbocycles. The molecule has 0 aliphatic carbocycles. The van der Waals surface area contributed by atoms with E-state index in [-0.39, 0.29) is 24.3 Å². The normalized spacial score (nSPS) is 15.5. The highest BCUT2D eigenvalue weighted by atomic mass is 32.1. The Balaban J connectivity index is 1.34. The quantitative estimate of drug-likeness (QED) is 0.564. The van der Waals surface area contributed by atoms with E-state index >= 15 is 0 Å². The second-order valence-electron chi connectivity index (χ2n) is 7.51. The van der Waals surface area contributed by atoms with E-state index in [1.807, 2.05) is 23.6 Å². The smallest absolute Gasteiger partial charge is 0.253 e. The number of hydrogen-bond acceptors (Lipinski definition) is 5. The zero-order chi connectivity index (χ0) is 21.5. The fraction of sp³-hybridized carbons (Fsp3) is 0.292. The first-order valence-corrected chi connectivity index (χ1v) is 11.3. The van der Waals surface area contributed by atoms with E-state index in [0.29, 0.717) is 17.8 Å². The molecular formula is C24H25N3O3S. The Morgan fingerprint density at radius 1 is 1.10 bits per heavy atom. The monoisotopic (exact) mass is 435 g/mol. The molecule has 1 atom stereocenters. The Bertz CT molecular complexity index is 1030. The number of aromatic nitrogens is 1. The molecule has 0 radical (unpaired) electrons. The van der Waals surface area contributed by atoms with Crippen LogP contribution in [0.1, 0.15) is 39.5 Å². The van der Waals surface area contributed by atoms with Gasteiger partial charge in [-0.05, 0) is 30.5 Å². The Kier molecular flexibility index (Phi) is 7.07. The number of benzene rings is 2. The second-order valence-corrected chi connectivity index (χ2v) is 8.45. The Labute approximate surface area is 185 Å². The number of nitrogens with zero attached hydrogens (tertiary/aromatic N) is 1. The summed E-state index contributed by atoms with van der Waals surface area (Å²) >= 11 is 1.55. The lowest BCUT2D eigenvalue weighted by atomic mass is 10.1. The summed E-state index contributed by atoms with van der Waals surface area (Å²) in [7, 11) is 0. The first-order valence-electron chi connectivity index (χ1n) is 10.4. The molecule has 1 fully saturated rings. The van der Waals surface area contributed by atoms with Gasteiger partial charge in [-0.2, -0.15) is 0 Å². The van der Waals surface area contributed by atoms with Crippen LogP contribution in [0.25, 0.3) is 0 Å². The van der Waals surface area contributed by atoms with Crippen molar-refractivity contribution in [2.75, 3.05) is 18.5 Å². The standard InChI is InChI=1S/C24H25N3O3S/c28-22(14-18-16-31-23(26-18)13-17-7-2-1-3-8-17)27-21-11-5-4-10-20(21)24(29)25-15-19-9-6-12-30-19/h1-5,7-8,10-11,16,19H,6,9,12-15H2,(H,25,29)(H,27,28). The number of ether oxygens (including phenoxy) is 1. The molecule has 31 heavy (non-hydrogen) atoms. The van der Waals surface area contributed by atoms with Crippen molar-refractivity contribution >= 4 is 28.8 Å². The third kappa shape index (κ3) is 5.99. The summed E-state index contributed by atoms with van der Waals surface area (Å²) in [6, 6.07) is 17.2. The number of amides is 2. The number of carbonyl (C=O) groups excluding carboxylic acids is 2. The maximum Gasteiger partial charge on any atom is 0.253 e. The van der Waals surface area contributed by atoms with Crippen LogP contribution in [0.2, 0.25) is 0 Å². The lowest BCUT2D eigenvalue weighted by Gasteiger charge is -2.13. The van der Waals surface area contributed by atoms with Crippen LogP contribution in [-0.2, 0) is 22.4 Å². The van der Waals surface area contributed by atoms with Gasteiger partial charge in [-0.15, -0.1) is 11.3 Å². The highest BCUT2D eigenvalue weighted by molar-refractivity contribution is 7.09. The number of hydrogen-bond donors (Lipinski definition) is 2. The maximum absolute atomic E-state index is 12.6. The molecule has 2 N–H and O–H groups in total. The lowest BCUT2D eigenvalue weighted by molar-refractivity contribution is -0.115. The minimum absolute atomic E-state index is 0.0699. The topological polar surface area (TPSA) is 80.3 Å². The number of anilines is 1. The minimum atomic E-state index is -0.217. The molecule has 0 bridgehead atoms. The SMILES string of the molecule is O=C(Cc1csc(Cc2ccccc2)n1)Nc1ccccc1C(=O)NCC1CCCO1. The van der Waals surface area contributed by atoms with Crippen LogP contribution in [0.5, 0.6) is 0 Å². The van der Waals surface area contributed by atoms with E-state index < -0.39 is 0 Å². The molecule has 160 valence electrons. The average molecular weight is 436 g/mol. The fourth-order valence-corrected chi connectivity index (χ4v) is 4.37. The first kappa shape index (κ1) is 21.2. The molecule has 2 heterocycles. The zero-order valence-electron chi connectivity index (χ0n) is 17.2. The summed E-state index contributed by atoms with van der Waals surface area (Å²) in [5.74, 6) is -0.416. The van der Waals surface area contributed by atoms with E-state index in [1.54, 1.807) is 35.6 Å². The number of thiazole rings is 1. The summed E-state index contributed by atoms with van der Waals surface area (Å²) in [5, 5.41) is 8.65. The van der Waals surface area contributed by atoms with Crippen molar-refractivity contribution in [3.05, 3.63) is 81.8 Å². The second kappa shape index (κ2) is 10.3. The van der Waals surface area contributed by atoms with Crippen LogP contribution >= 0.6 is 11.3 Å². The van der Waals surface area contributed by atoms with Gasteiger partial charge in [0.05, 0.1) is 34.5 Å². The molecule has 1 saturated heterocycles. The van der Waals surface area contributed by atoms with Gasteiger partial charge in [0.1, 0.15) is 0 Å². The van der Waals surface area contributed by atoms with Crippen LogP contribution in [0.3, 0.4) is 0 Å². The predicted molar refractivity (Wildman–Crippen MR) is 121 cm³/mol. The number of carbonyl (C=O) groups is 2. The third-order valence-electron chi connectivity index (χ3n) is 5.10. The Morgan fingerprint density at radius 2 is 1.90 bits per heavy atom. The predicted octanol–water partition coefficient (Wildman–Crippen LogP) is 3.82. The average Bonchev–Trinajstić information content (AvgIpc) is 3.45. The third-order valence-corrected chi connectivity index (χ3v) is 6.00. The van der Waals surface area contributed by atoms with Gasteiger partial charge in [0, 0.05) is 25.0 Å². The van der Waals surface area contributed by atoms with Crippen molar-refractivity contribution in [1.29, 1.82) is 0 Å². The molecule has 3 aromatic rings. The van der Waals surface area contributed by atoms with Crippen LogP contribution in [0.4, 0.5) is 5.69 Å².